The molecule has 0 aromatic carbocycles. The van der Waals surface area contributed by atoms with Crippen molar-refractivity contribution in [3.8, 4) is 12.1 Å². The van der Waals surface area contributed by atoms with Gasteiger partial charge in [-0.05, 0) is 165 Å². The lowest BCUT2D eigenvalue weighted by Gasteiger charge is -2.28. The number of hydrogen-bond acceptors (Lipinski definition) is 27. The summed E-state index contributed by atoms with van der Waals surface area (Å²) in [6, 6.07) is 20.6. The number of H-pyrrole nitrogens is 5. The van der Waals surface area contributed by atoms with Gasteiger partial charge in [0.2, 0.25) is 11.2 Å². The van der Waals surface area contributed by atoms with Gasteiger partial charge in [0.15, 0.2) is 0 Å². The van der Waals surface area contributed by atoms with Crippen LogP contribution in [0.2, 0.25) is 20.7 Å². The Hall–Kier alpha value is -10.8. The van der Waals surface area contributed by atoms with Crippen molar-refractivity contribution in [3.63, 3.8) is 0 Å². The number of carbonyl (C=O) groups excluding carboxylic acids is 1. The minimum Gasteiger partial charge on any atom is -0.453 e. The van der Waals surface area contributed by atoms with Gasteiger partial charge in [0, 0.05) is 187 Å². The molecule has 17 heterocycles. The molecule has 122 heavy (non-hydrogen) atoms. The number of amides is 1. The third-order valence-electron chi connectivity index (χ3n) is 28.0. The molecule has 5 aliphatic carbocycles. The van der Waals surface area contributed by atoms with Crippen molar-refractivity contribution in [3.05, 3.63) is 126 Å². The number of likely N-dealkylation sites (tertiary alicyclic amines) is 3. The maximum absolute atomic E-state index is 11.7. The van der Waals surface area contributed by atoms with E-state index < -0.39 is 0 Å². The van der Waals surface area contributed by atoms with Gasteiger partial charge >= 0.3 is 6.09 Å². The van der Waals surface area contributed by atoms with E-state index >= 15 is 0 Å². The van der Waals surface area contributed by atoms with E-state index in [2.05, 4.69) is 192 Å². The smallest absolute Gasteiger partial charge is 0.409 e. The summed E-state index contributed by atoms with van der Waals surface area (Å²) in [7, 11) is 12.1. The van der Waals surface area contributed by atoms with Gasteiger partial charge in [-0.2, -0.15) is 10.5 Å². The van der Waals surface area contributed by atoms with Crippen molar-refractivity contribution in [2.45, 2.75) is 101 Å². The van der Waals surface area contributed by atoms with E-state index in [9.17, 15) is 4.79 Å². The molecular formula is C85H101Cl4N31O2. The number of aromatic amines is 5. The zero-order chi connectivity index (χ0) is 84.0. The molecule has 5 saturated carbocycles. The summed E-state index contributed by atoms with van der Waals surface area (Å²) >= 11 is 24.1. The van der Waals surface area contributed by atoms with Crippen molar-refractivity contribution < 1.29 is 9.53 Å². The minimum atomic E-state index is -0.200. The van der Waals surface area contributed by atoms with E-state index in [1.807, 2.05) is 60.1 Å². The van der Waals surface area contributed by atoms with Gasteiger partial charge in [-0.15, -0.1) is 0 Å². The van der Waals surface area contributed by atoms with E-state index in [0.717, 1.165) is 224 Å². The number of halogens is 4. The first-order chi connectivity index (χ1) is 59.3. The molecule has 1 amide bonds. The zero-order valence-electron chi connectivity index (χ0n) is 69.2. The minimum absolute atomic E-state index is 0.200. The summed E-state index contributed by atoms with van der Waals surface area (Å²) < 4.78 is 4.84. The van der Waals surface area contributed by atoms with Crippen molar-refractivity contribution in [2.75, 3.05) is 155 Å². The average Bonchev–Trinajstić information content (AvgIpc) is 1.59. The van der Waals surface area contributed by atoms with Gasteiger partial charge in [0.1, 0.15) is 110 Å². The molecule has 33 nitrogen and oxygen atoms in total. The van der Waals surface area contributed by atoms with Gasteiger partial charge in [-0.25, -0.2) is 74.6 Å². The van der Waals surface area contributed by atoms with Crippen molar-refractivity contribution >= 4 is 149 Å². The molecule has 5 aliphatic heterocycles. The lowest BCUT2D eigenvalue weighted by atomic mass is 10.0. The van der Waals surface area contributed by atoms with E-state index in [1.54, 1.807) is 43.8 Å². The molecule has 22 rings (SSSR count). The number of rotatable bonds is 15. The summed E-state index contributed by atoms with van der Waals surface area (Å²) in [4.78, 5) is 111. The predicted molar refractivity (Wildman–Crippen MR) is 473 cm³/mol. The van der Waals surface area contributed by atoms with Crippen LogP contribution in [-0.2, 0) is 4.74 Å². The number of methoxy groups -OCH3 is 1. The summed E-state index contributed by atoms with van der Waals surface area (Å²) in [5.74, 6) is 13.1. The predicted octanol–water partition coefficient (Wildman–Crippen LogP) is 12.3. The number of nitrogens with one attached hydrogen (secondary N) is 5. The summed E-state index contributed by atoms with van der Waals surface area (Å²) in [5, 5.41) is 24.3. The van der Waals surface area contributed by atoms with Crippen LogP contribution >= 0.6 is 46.4 Å². The molecule has 0 radical (unpaired) electrons. The van der Waals surface area contributed by atoms with Crippen LogP contribution in [0.1, 0.15) is 70.6 Å². The monoisotopic (exact) mass is 1730 g/mol. The Morgan fingerprint density at radius 2 is 0.705 bits per heavy atom. The summed E-state index contributed by atoms with van der Waals surface area (Å²) in [6.07, 6.45) is 29.7. The number of anilines is 7. The lowest BCUT2D eigenvalue weighted by molar-refractivity contribution is 0.129. The molecule has 37 heteroatoms. The quantitative estimate of drug-likeness (QED) is 0.0361. The number of carbonyl (C=O) groups is 1. The molecule has 5 N–H and O–H groups in total. The Labute approximate surface area is 726 Å². The molecule has 10 aliphatic rings. The number of ether oxygens (including phenoxy) is 1. The van der Waals surface area contributed by atoms with E-state index in [4.69, 9.17) is 61.7 Å². The summed E-state index contributed by atoms with van der Waals surface area (Å²) in [6.45, 7) is 11.4. The maximum atomic E-state index is 11.7. The van der Waals surface area contributed by atoms with Crippen molar-refractivity contribution in [1.29, 1.82) is 10.5 Å². The van der Waals surface area contributed by atoms with Crippen LogP contribution in [0.25, 0.3) is 55.2 Å². The third-order valence-corrected chi connectivity index (χ3v) is 28.8. The Balaban J connectivity index is 0.000000104. The van der Waals surface area contributed by atoms with E-state index in [0.29, 0.717) is 100 Å². The number of hydrogen-bond donors (Lipinski definition) is 5. The summed E-state index contributed by atoms with van der Waals surface area (Å²) in [5.41, 5.74) is 4.44. The fourth-order valence-electron chi connectivity index (χ4n) is 22.0. The van der Waals surface area contributed by atoms with Crippen LogP contribution in [0.5, 0.6) is 0 Å². The van der Waals surface area contributed by atoms with Crippen LogP contribution in [0, 0.1) is 81.8 Å². The molecule has 0 bridgehead atoms. The number of nitriles is 2. The fourth-order valence-corrected chi connectivity index (χ4v) is 22.8. The largest absolute Gasteiger partial charge is 0.453 e. The van der Waals surface area contributed by atoms with Gasteiger partial charge < -0.3 is 73.8 Å². The zero-order valence-corrected chi connectivity index (χ0v) is 72.2. The highest BCUT2D eigenvalue weighted by molar-refractivity contribution is 6.33. The van der Waals surface area contributed by atoms with Gasteiger partial charge in [-0.3, -0.25) is 4.90 Å². The highest BCUT2D eigenvalue weighted by Gasteiger charge is 2.49. The molecule has 12 aromatic heterocycles. The van der Waals surface area contributed by atoms with Crippen LogP contribution < -0.4 is 34.3 Å². The Kier molecular flexibility index (Phi) is 24.0. The highest BCUT2D eigenvalue weighted by Crippen LogP contribution is 2.48. The van der Waals surface area contributed by atoms with E-state index in [-0.39, 0.29) is 11.4 Å². The second-order valence-electron chi connectivity index (χ2n) is 34.8. The molecule has 5 unspecified atom stereocenters. The molecule has 10 fully saturated rings. The average molecular weight is 1730 g/mol. The molecule has 636 valence electrons. The van der Waals surface area contributed by atoms with Gasteiger partial charge in [0.25, 0.3) is 0 Å². The topological polar surface area (TPSA) is 366 Å². The molecule has 5 saturated heterocycles. The molecule has 15 atom stereocenters. The van der Waals surface area contributed by atoms with Crippen molar-refractivity contribution in [1.82, 2.24) is 109 Å². The normalized spacial score (nSPS) is 26.0. The van der Waals surface area contributed by atoms with Crippen LogP contribution in [0.15, 0.2) is 105 Å². The number of nitrogens with zero attached hydrogens (tertiary/aromatic N) is 26. The third kappa shape index (κ3) is 17.0. The second-order valence-corrected chi connectivity index (χ2v) is 36.3. The highest BCUT2D eigenvalue weighted by atomic mass is 35.5. The number of fused-ring (bicyclic) bond motifs is 10. The van der Waals surface area contributed by atoms with Crippen LogP contribution in [0.4, 0.5) is 45.7 Å². The lowest BCUT2D eigenvalue weighted by Crippen LogP contribution is -2.34. The maximum Gasteiger partial charge on any atom is 0.409 e. The van der Waals surface area contributed by atoms with Gasteiger partial charge in [-0.1, -0.05) is 34.8 Å². The first-order valence-electron chi connectivity index (χ1n) is 42.3. The standard InChI is InChI=1S/2C18H19Cl2N7.C17H22N6.C16H20N6.C16H21N5O2/c1-26(17-13-2-3-21-16(13)22-9-23-17)12-4-10-7-27(8-11(10)5-12)15-6-14(19)24-18(20)25-15;1-26(17-13-2-3-21-16(13)22-9-23-17)12-4-10-7-27(8-11(10)5-12)18-24-14(19)6-15(20)25-18;1-22(17-15-3-5-19-16(15)20-11-21-17)14-7-12-9-23(6-2-4-18)10-13(12)8-14;1-21(16-14-2-4-18-15(14)19-10-20-16)13-6-11-8-22(5-3-17)9-12(11)7-13;1-20(15-13-3-4-17-14(13)18-9-19-15)12-5-10-7-21(16(22)23-2)8-11(10)6-12/h2*2-3,6,9-12H,4-5,7-8H2,1H3,(H,21,22,23);3,5,11-14H,2,6-10H2,1H3,(H,19,20,21);2,4,10-13H,5-9H2,1H3,(H,18,19,20);3-4,9-12H,5-8H2,1-2H3,(H,17,18,19)/t2*10-,11+,12?;12-,13+,14?;11-,12+,13?;10-,11+,12?. The molecular weight excluding hydrogens is 1630 g/mol. The van der Waals surface area contributed by atoms with E-state index in [1.165, 1.54) is 32.8 Å². The Morgan fingerprint density at radius 1 is 0.402 bits per heavy atom. The van der Waals surface area contributed by atoms with Crippen LogP contribution in [0.3, 0.4) is 0 Å². The van der Waals surface area contributed by atoms with Crippen LogP contribution in [-0.4, -0.2) is 267 Å². The first-order valence-corrected chi connectivity index (χ1v) is 43.8. The van der Waals surface area contributed by atoms with Crippen molar-refractivity contribution in [2.24, 2.45) is 59.2 Å². The van der Waals surface area contributed by atoms with Gasteiger partial charge in [0.05, 0.1) is 52.7 Å². The fraction of sp³-hybridized carbons (Fsp3) is 0.518. The first kappa shape index (κ1) is 82.2. The molecule has 12 aromatic rings. The Morgan fingerprint density at radius 3 is 1.02 bits per heavy atom. The molecule has 0 spiro atoms. The SMILES string of the molecule is CN(c1ncnc2[nH]ccc12)C1C[C@@H]2CN(CC#N)C[C@@H]2C1.CN(c1ncnc2[nH]ccc12)C1C[C@@H]2CN(CCC#N)C[C@@H]2C1.CN(c1ncnc2[nH]ccc12)C1C[C@@H]2CN(c3cc(Cl)nc(Cl)n3)C[C@@H]2C1.CN(c1ncnc2[nH]ccc12)C1C[C@@H]2CN(c3nc(Cl)cc(Cl)n3)C[C@@H]2C1.COC(=O)N1C[C@H]2CC(N(C)c3ncnc4[nH]ccc34)C[C@H]2C1. The number of aromatic nitrogens is 19. The Bertz CT molecular complexity index is 5500. The second kappa shape index (κ2) is 35.6.